The van der Waals surface area contributed by atoms with Gasteiger partial charge in [-0.3, -0.25) is 0 Å². The zero-order chi connectivity index (χ0) is 47.4. The second-order valence-electron chi connectivity index (χ2n) is 22.9. The van der Waals surface area contributed by atoms with Crippen LogP contribution in [0.3, 0.4) is 0 Å². The highest BCUT2D eigenvalue weighted by Crippen LogP contribution is 2.16. The molecule has 0 radical (unpaired) electrons. The third-order valence-corrected chi connectivity index (χ3v) is 14.2. The minimum atomic E-state index is 0. The van der Waals surface area contributed by atoms with Gasteiger partial charge in [0.15, 0.2) is 0 Å². The highest BCUT2D eigenvalue weighted by molar-refractivity contribution is 4.51. The zero-order valence-electron chi connectivity index (χ0n) is 48.4. The number of hydrogen-bond acceptors (Lipinski definition) is 0. The van der Waals surface area contributed by atoms with Crippen LogP contribution in [0.25, 0.3) is 0 Å². The number of halogens is 3. The van der Waals surface area contributed by atoms with Gasteiger partial charge in [-0.15, -0.1) is 0 Å². The Balaban J connectivity index is -0.000000201. The van der Waals surface area contributed by atoms with Crippen LogP contribution in [0.15, 0.2) is 0 Å². The average molecular weight is 1000 g/mol. The van der Waals surface area contributed by atoms with E-state index in [1.54, 1.807) is 0 Å². The van der Waals surface area contributed by atoms with Gasteiger partial charge in [-0.1, -0.05) is 234 Å². The summed E-state index contributed by atoms with van der Waals surface area (Å²) in [7, 11) is 14.5. The lowest BCUT2D eigenvalue weighted by Gasteiger charge is -2.30. The molecule has 0 saturated carbocycles. The van der Waals surface area contributed by atoms with E-state index in [9.17, 15) is 0 Å². The summed E-state index contributed by atoms with van der Waals surface area (Å²) in [6.45, 7) is 22.0. The molecule has 66 heavy (non-hydrogen) atoms. The highest BCUT2D eigenvalue weighted by Gasteiger charge is 2.15. The second-order valence-corrected chi connectivity index (χ2v) is 22.9. The minimum absolute atomic E-state index is 0. The predicted octanol–water partition coefficient (Wildman–Crippen LogP) is 10.7. The summed E-state index contributed by atoms with van der Waals surface area (Å²) in [5.41, 5.74) is 0. The van der Waals surface area contributed by atoms with Crippen molar-refractivity contribution in [2.75, 3.05) is 81.6 Å². The lowest BCUT2D eigenvalue weighted by molar-refractivity contribution is -0.890. The van der Waals surface area contributed by atoms with Crippen LogP contribution >= 0.6 is 0 Å². The van der Waals surface area contributed by atoms with E-state index in [0.29, 0.717) is 0 Å². The van der Waals surface area contributed by atoms with E-state index in [1.165, 1.54) is 322 Å². The molecular formula is C60H132Cl3N3. The molecule has 0 aliphatic rings. The number of unbranched alkanes of at least 4 members (excludes halogenated alkanes) is 36. The van der Waals surface area contributed by atoms with Gasteiger partial charge in [0.2, 0.25) is 0 Å². The summed E-state index contributed by atoms with van der Waals surface area (Å²) in [5, 5.41) is 0. The molecule has 0 saturated heterocycles. The standard InChI is InChI=1S/C22H48N.C20H44N.C18H40N.3ClH/c1-5-7-9-11-13-15-17-19-21-23(3,4)22-20-18-16-14-12-10-8-6-2;1-5-7-9-11-13-14-16-18-20-21(3,4)19-17-15-12-10-8-6-2;1-5-7-9-11-13-15-17-19(3,4)18-16-14-12-10-8-6-2;;;/h5-22H2,1-4H3;5-20H2,1-4H3;5-18H2,1-4H3;3*1H/q3*+1;;;/p-3. The summed E-state index contributed by atoms with van der Waals surface area (Å²) in [5.74, 6) is 0. The van der Waals surface area contributed by atoms with Crippen LogP contribution in [0.4, 0.5) is 0 Å². The fraction of sp³-hybridized carbons (Fsp3) is 1.00. The van der Waals surface area contributed by atoms with Crippen molar-refractivity contribution in [1.82, 2.24) is 0 Å². The van der Waals surface area contributed by atoms with E-state index in [0.717, 1.165) is 0 Å². The van der Waals surface area contributed by atoms with Gasteiger partial charge >= 0.3 is 0 Å². The normalized spacial score (nSPS) is 11.5. The van der Waals surface area contributed by atoms with Crippen molar-refractivity contribution < 1.29 is 50.7 Å². The first-order chi connectivity index (χ1) is 30.4. The molecule has 3 nitrogen and oxygen atoms in total. The summed E-state index contributed by atoms with van der Waals surface area (Å²) in [4.78, 5) is 0. The summed E-state index contributed by atoms with van der Waals surface area (Å²) < 4.78 is 3.72. The van der Waals surface area contributed by atoms with Crippen molar-refractivity contribution >= 4 is 0 Å². The van der Waals surface area contributed by atoms with Gasteiger partial charge < -0.3 is 50.7 Å². The lowest BCUT2D eigenvalue weighted by Crippen LogP contribution is -3.00. The number of quaternary nitrogens is 3. The Morgan fingerprint density at radius 3 is 0.348 bits per heavy atom. The van der Waals surface area contributed by atoms with Gasteiger partial charge in [0.1, 0.15) is 0 Å². The Hall–Kier alpha value is 0.750. The number of rotatable bonds is 48. The van der Waals surface area contributed by atoms with Gasteiger partial charge in [-0.05, 0) is 77.0 Å². The van der Waals surface area contributed by atoms with Crippen LogP contribution in [0, 0.1) is 0 Å². The van der Waals surface area contributed by atoms with Crippen molar-refractivity contribution in [3.8, 4) is 0 Å². The Kier molecular flexibility index (Phi) is 73.3. The first kappa shape index (κ1) is 78.2. The molecule has 0 aromatic rings. The summed E-state index contributed by atoms with van der Waals surface area (Å²) >= 11 is 0. The van der Waals surface area contributed by atoms with Crippen molar-refractivity contribution in [3.63, 3.8) is 0 Å². The molecule has 0 aliphatic heterocycles. The SMILES string of the molecule is CCCCCCCCCC[N+](C)(C)CCCCCCCC.CCCCCCCCCC[N+](C)(C)CCCCCCCCCC.CCCCCCCC[N+](C)(C)CCCCCCCC.[Cl-].[Cl-].[Cl-]. The van der Waals surface area contributed by atoms with E-state index in [1.807, 2.05) is 0 Å². The maximum absolute atomic E-state index is 2.43. The third kappa shape index (κ3) is 71.3. The van der Waals surface area contributed by atoms with Gasteiger partial charge in [0.05, 0.1) is 81.6 Å². The molecule has 0 unspecified atom stereocenters. The maximum atomic E-state index is 2.43. The first-order valence-corrected chi connectivity index (χ1v) is 29.8. The lowest BCUT2D eigenvalue weighted by atomic mass is 10.1. The van der Waals surface area contributed by atoms with Crippen LogP contribution in [0.2, 0.25) is 0 Å². The van der Waals surface area contributed by atoms with Crippen LogP contribution < -0.4 is 37.2 Å². The van der Waals surface area contributed by atoms with Gasteiger partial charge in [0, 0.05) is 0 Å². The van der Waals surface area contributed by atoms with Crippen LogP contribution in [0.5, 0.6) is 0 Å². The second kappa shape index (κ2) is 61.9. The molecule has 0 bridgehead atoms. The first-order valence-electron chi connectivity index (χ1n) is 29.8. The highest BCUT2D eigenvalue weighted by atomic mass is 35.5. The van der Waals surface area contributed by atoms with Crippen molar-refractivity contribution in [2.45, 2.75) is 311 Å². The largest absolute Gasteiger partial charge is 1.00 e. The summed E-state index contributed by atoms with van der Waals surface area (Å²) in [6, 6.07) is 0. The van der Waals surface area contributed by atoms with E-state index in [4.69, 9.17) is 0 Å². The van der Waals surface area contributed by atoms with E-state index >= 15 is 0 Å². The Morgan fingerprint density at radius 1 is 0.152 bits per heavy atom. The zero-order valence-corrected chi connectivity index (χ0v) is 50.7. The molecule has 0 aromatic heterocycles. The monoisotopic (exact) mass is 1000 g/mol. The molecule has 6 heteroatoms. The van der Waals surface area contributed by atoms with Crippen LogP contribution in [0.1, 0.15) is 311 Å². The third-order valence-electron chi connectivity index (χ3n) is 14.2. The molecule has 0 amide bonds. The van der Waals surface area contributed by atoms with Crippen molar-refractivity contribution in [3.05, 3.63) is 0 Å². The van der Waals surface area contributed by atoms with E-state index in [-0.39, 0.29) is 37.2 Å². The van der Waals surface area contributed by atoms with E-state index in [2.05, 4.69) is 83.8 Å². The smallest absolute Gasteiger partial charge is 0.0782 e. The molecule has 0 spiro atoms. The average Bonchev–Trinajstić information content (AvgIpc) is 3.25. The molecule has 0 atom stereocenters. The van der Waals surface area contributed by atoms with Gasteiger partial charge in [-0.25, -0.2) is 0 Å². The van der Waals surface area contributed by atoms with E-state index < -0.39 is 0 Å². The predicted molar refractivity (Wildman–Crippen MR) is 293 cm³/mol. The molecule has 0 fully saturated rings. The maximum Gasteiger partial charge on any atom is 0.0782 e. The molecular weight excluding hydrogens is 869 g/mol. The van der Waals surface area contributed by atoms with Gasteiger partial charge in [0.25, 0.3) is 0 Å². The molecule has 0 N–H and O–H groups in total. The van der Waals surface area contributed by atoms with Crippen molar-refractivity contribution in [2.24, 2.45) is 0 Å². The minimum Gasteiger partial charge on any atom is -1.00 e. The molecule has 0 aromatic carbocycles. The Bertz CT molecular complexity index is 781. The molecule has 0 rings (SSSR count). The fourth-order valence-corrected chi connectivity index (χ4v) is 9.32. The number of hydrogen-bond donors (Lipinski definition) is 0. The molecule has 0 aliphatic carbocycles. The summed E-state index contributed by atoms with van der Waals surface area (Å²) in [6.07, 6.45) is 60.2. The van der Waals surface area contributed by atoms with Gasteiger partial charge in [-0.2, -0.15) is 0 Å². The quantitative estimate of drug-likeness (QED) is 0.0421. The van der Waals surface area contributed by atoms with Crippen LogP contribution in [-0.2, 0) is 0 Å². The topological polar surface area (TPSA) is 0 Å². The fourth-order valence-electron chi connectivity index (χ4n) is 9.32. The number of nitrogens with zero attached hydrogens (tertiary/aromatic N) is 3. The Morgan fingerprint density at radius 2 is 0.242 bits per heavy atom. The molecule has 408 valence electrons. The Labute approximate surface area is 441 Å². The van der Waals surface area contributed by atoms with Crippen molar-refractivity contribution in [1.29, 1.82) is 0 Å². The molecule has 0 heterocycles. The van der Waals surface area contributed by atoms with Crippen LogP contribution in [-0.4, -0.2) is 95.0 Å².